The minimum atomic E-state index is 0.247. The van der Waals surface area contributed by atoms with Crippen LogP contribution >= 0.6 is 0 Å². The standard InChI is InChI=1S/C18H28N2O/c1-3-20(17-11-7-6-10-16(17)13-19)18(21)12-15-9-5-4-8-14(15)2/h4-5,8-9,16-17H,3,6-7,10-13,19H2,1-2H3. The van der Waals surface area contributed by atoms with Crippen LogP contribution in [0.1, 0.15) is 43.7 Å². The Balaban J connectivity index is 2.09. The Hall–Kier alpha value is -1.35. The number of benzene rings is 1. The Morgan fingerprint density at radius 3 is 2.67 bits per heavy atom. The number of hydrogen-bond donors (Lipinski definition) is 1. The minimum Gasteiger partial charge on any atom is -0.339 e. The van der Waals surface area contributed by atoms with Gasteiger partial charge in [0.25, 0.3) is 0 Å². The summed E-state index contributed by atoms with van der Waals surface area (Å²) < 4.78 is 0. The first-order valence-electron chi connectivity index (χ1n) is 8.21. The highest BCUT2D eigenvalue weighted by atomic mass is 16.2. The van der Waals surface area contributed by atoms with Crippen LogP contribution in [0.5, 0.6) is 0 Å². The summed E-state index contributed by atoms with van der Waals surface area (Å²) in [5, 5.41) is 0. The summed E-state index contributed by atoms with van der Waals surface area (Å²) in [6, 6.07) is 8.50. The number of aryl methyl sites for hydroxylation is 1. The normalized spacial score (nSPS) is 22.0. The summed E-state index contributed by atoms with van der Waals surface area (Å²) in [7, 11) is 0. The molecule has 0 aromatic heterocycles. The molecule has 1 aromatic rings. The van der Waals surface area contributed by atoms with Gasteiger partial charge >= 0.3 is 0 Å². The highest BCUT2D eigenvalue weighted by Crippen LogP contribution is 2.28. The third-order valence-electron chi connectivity index (χ3n) is 4.84. The van der Waals surface area contributed by atoms with Gasteiger partial charge in [0, 0.05) is 12.6 Å². The van der Waals surface area contributed by atoms with Crippen LogP contribution in [0.3, 0.4) is 0 Å². The lowest BCUT2D eigenvalue weighted by Crippen LogP contribution is -2.48. The minimum absolute atomic E-state index is 0.247. The third kappa shape index (κ3) is 3.85. The molecule has 0 saturated heterocycles. The van der Waals surface area contributed by atoms with E-state index >= 15 is 0 Å². The van der Waals surface area contributed by atoms with Gasteiger partial charge in [-0.1, -0.05) is 37.1 Å². The molecule has 1 fully saturated rings. The van der Waals surface area contributed by atoms with Crippen molar-refractivity contribution in [2.45, 2.75) is 52.0 Å². The van der Waals surface area contributed by atoms with E-state index in [2.05, 4.69) is 30.9 Å². The van der Waals surface area contributed by atoms with Gasteiger partial charge in [-0.15, -0.1) is 0 Å². The molecule has 2 N–H and O–H groups in total. The van der Waals surface area contributed by atoms with Crippen molar-refractivity contribution in [3.8, 4) is 0 Å². The smallest absolute Gasteiger partial charge is 0.227 e. The maximum absolute atomic E-state index is 12.7. The third-order valence-corrected chi connectivity index (χ3v) is 4.84. The van der Waals surface area contributed by atoms with Crippen LogP contribution in [0.25, 0.3) is 0 Å². The van der Waals surface area contributed by atoms with Crippen LogP contribution in [0.4, 0.5) is 0 Å². The predicted molar refractivity (Wildman–Crippen MR) is 87.1 cm³/mol. The number of likely N-dealkylation sites (N-methyl/N-ethyl adjacent to an activating group) is 1. The Kier molecular flexibility index (Phi) is 5.80. The van der Waals surface area contributed by atoms with Gasteiger partial charge in [-0.3, -0.25) is 4.79 Å². The van der Waals surface area contributed by atoms with Crippen molar-refractivity contribution in [2.75, 3.05) is 13.1 Å². The fourth-order valence-corrected chi connectivity index (χ4v) is 3.54. The molecule has 0 radical (unpaired) electrons. The zero-order valence-electron chi connectivity index (χ0n) is 13.3. The number of amides is 1. The van der Waals surface area contributed by atoms with Crippen LogP contribution in [0.15, 0.2) is 24.3 Å². The average Bonchev–Trinajstić information content (AvgIpc) is 2.51. The molecule has 1 saturated carbocycles. The van der Waals surface area contributed by atoms with Crippen molar-refractivity contribution in [1.82, 2.24) is 4.90 Å². The van der Waals surface area contributed by atoms with E-state index < -0.39 is 0 Å². The quantitative estimate of drug-likeness (QED) is 0.905. The average molecular weight is 288 g/mol. The van der Waals surface area contributed by atoms with E-state index in [-0.39, 0.29) is 5.91 Å². The highest BCUT2D eigenvalue weighted by Gasteiger charge is 2.31. The molecule has 21 heavy (non-hydrogen) atoms. The molecule has 0 spiro atoms. The number of rotatable bonds is 5. The maximum atomic E-state index is 12.7. The number of carbonyl (C=O) groups is 1. The molecule has 3 nitrogen and oxygen atoms in total. The number of hydrogen-bond acceptors (Lipinski definition) is 2. The lowest BCUT2D eigenvalue weighted by molar-refractivity contribution is -0.134. The second-order valence-electron chi connectivity index (χ2n) is 6.13. The Morgan fingerprint density at radius 2 is 2.00 bits per heavy atom. The Bertz CT molecular complexity index is 472. The number of carbonyl (C=O) groups excluding carboxylic acids is 1. The first kappa shape index (κ1) is 16.0. The first-order chi connectivity index (χ1) is 10.2. The first-order valence-corrected chi connectivity index (χ1v) is 8.21. The van der Waals surface area contributed by atoms with Gasteiger partial charge in [-0.2, -0.15) is 0 Å². The summed E-state index contributed by atoms with van der Waals surface area (Å²) in [4.78, 5) is 14.8. The maximum Gasteiger partial charge on any atom is 0.227 e. The van der Waals surface area contributed by atoms with Gasteiger partial charge in [0.2, 0.25) is 5.91 Å². The van der Waals surface area contributed by atoms with Crippen molar-refractivity contribution < 1.29 is 4.79 Å². The van der Waals surface area contributed by atoms with Crippen molar-refractivity contribution >= 4 is 5.91 Å². The van der Waals surface area contributed by atoms with Crippen LogP contribution in [0.2, 0.25) is 0 Å². The lowest BCUT2D eigenvalue weighted by Gasteiger charge is -2.39. The molecule has 2 unspecified atom stereocenters. The van der Waals surface area contributed by atoms with Gasteiger partial charge in [-0.05, 0) is 50.3 Å². The molecule has 0 aliphatic heterocycles. The molecule has 2 atom stereocenters. The molecule has 3 heteroatoms. The SMILES string of the molecule is CCN(C(=O)Cc1ccccc1C)C1CCCCC1CN. The molecular formula is C18H28N2O. The van der Waals surface area contributed by atoms with Crippen molar-refractivity contribution in [3.63, 3.8) is 0 Å². The summed E-state index contributed by atoms with van der Waals surface area (Å²) in [5.41, 5.74) is 8.26. The van der Waals surface area contributed by atoms with E-state index in [0.29, 0.717) is 24.9 Å². The molecule has 0 heterocycles. The molecule has 1 amide bonds. The van der Waals surface area contributed by atoms with E-state index in [0.717, 1.165) is 24.9 Å². The molecule has 0 bridgehead atoms. The van der Waals surface area contributed by atoms with Crippen LogP contribution < -0.4 is 5.73 Å². The zero-order valence-corrected chi connectivity index (χ0v) is 13.3. The van der Waals surface area contributed by atoms with Crippen LogP contribution in [0, 0.1) is 12.8 Å². The van der Waals surface area contributed by atoms with Gasteiger partial charge in [0.15, 0.2) is 0 Å². The van der Waals surface area contributed by atoms with E-state index in [1.807, 2.05) is 12.1 Å². The summed E-state index contributed by atoms with van der Waals surface area (Å²) in [6.45, 7) is 5.63. The van der Waals surface area contributed by atoms with Gasteiger partial charge in [0.05, 0.1) is 6.42 Å². The van der Waals surface area contributed by atoms with E-state index in [9.17, 15) is 4.79 Å². The molecule has 1 aromatic carbocycles. The molecule has 1 aliphatic rings. The zero-order chi connectivity index (χ0) is 15.2. The van der Waals surface area contributed by atoms with Gasteiger partial charge in [0.1, 0.15) is 0 Å². The fourth-order valence-electron chi connectivity index (χ4n) is 3.54. The molecular weight excluding hydrogens is 260 g/mol. The topological polar surface area (TPSA) is 46.3 Å². The highest BCUT2D eigenvalue weighted by molar-refractivity contribution is 5.79. The van der Waals surface area contributed by atoms with Crippen LogP contribution in [-0.4, -0.2) is 29.9 Å². The summed E-state index contributed by atoms with van der Waals surface area (Å²) >= 11 is 0. The van der Waals surface area contributed by atoms with Crippen LogP contribution in [-0.2, 0) is 11.2 Å². The monoisotopic (exact) mass is 288 g/mol. The summed E-state index contributed by atoms with van der Waals surface area (Å²) in [6.07, 6.45) is 5.25. The molecule has 1 aliphatic carbocycles. The summed E-state index contributed by atoms with van der Waals surface area (Å²) in [5.74, 6) is 0.719. The van der Waals surface area contributed by atoms with Crippen molar-refractivity contribution in [3.05, 3.63) is 35.4 Å². The van der Waals surface area contributed by atoms with Crippen molar-refractivity contribution in [2.24, 2.45) is 11.7 Å². The second-order valence-corrected chi connectivity index (χ2v) is 6.13. The van der Waals surface area contributed by atoms with Crippen molar-refractivity contribution in [1.29, 1.82) is 0 Å². The molecule has 2 rings (SSSR count). The van der Waals surface area contributed by atoms with Gasteiger partial charge in [-0.25, -0.2) is 0 Å². The Morgan fingerprint density at radius 1 is 1.29 bits per heavy atom. The Labute approximate surface area is 128 Å². The predicted octanol–water partition coefficient (Wildman–Crippen LogP) is 2.90. The lowest BCUT2D eigenvalue weighted by atomic mass is 9.83. The van der Waals surface area contributed by atoms with E-state index in [1.54, 1.807) is 0 Å². The van der Waals surface area contributed by atoms with E-state index in [4.69, 9.17) is 5.73 Å². The fraction of sp³-hybridized carbons (Fsp3) is 0.611. The number of nitrogens with zero attached hydrogens (tertiary/aromatic N) is 1. The molecule has 116 valence electrons. The van der Waals surface area contributed by atoms with Gasteiger partial charge < -0.3 is 10.6 Å². The van der Waals surface area contributed by atoms with E-state index in [1.165, 1.54) is 18.4 Å². The second kappa shape index (κ2) is 7.60. The number of nitrogens with two attached hydrogens (primary N) is 1. The largest absolute Gasteiger partial charge is 0.339 e.